The average Bonchev–Trinajstić information content (AvgIpc) is 3.00. The van der Waals surface area contributed by atoms with Crippen molar-refractivity contribution in [2.75, 3.05) is 39.6 Å². The number of anilines is 1. The van der Waals surface area contributed by atoms with Crippen LogP contribution in [-0.2, 0) is 14.8 Å². The summed E-state index contributed by atoms with van der Waals surface area (Å²) in [6, 6.07) is 12.6. The Bertz CT molecular complexity index is 1040. The lowest BCUT2D eigenvalue weighted by Gasteiger charge is -2.30. The Kier molecular flexibility index (Phi) is 8.16. The first kappa shape index (κ1) is 24.5. The summed E-state index contributed by atoms with van der Waals surface area (Å²) in [5, 5.41) is 2.95. The van der Waals surface area contributed by atoms with Gasteiger partial charge in [0.1, 0.15) is 10.6 Å². The molecule has 0 unspecified atom stereocenters. The van der Waals surface area contributed by atoms with Gasteiger partial charge in [0, 0.05) is 25.8 Å². The predicted octanol–water partition coefficient (Wildman–Crippen LogP) is 4.15. The molecule has 0 bridgehead atoms. The molecule has 0 radical (unpaired) electrons. The molecule has 9 heteroatoms. The lowest BCUT2D eigenvalue weighted by molar-refractivity contribution is -0.117. The number of likely N-dealkylation sites (tertiary alicyclic amines) is 1. The van der Waals surface area contributed by atoms with Crippen LogP contribution in [0.25, 0.3) is 0 Å². The minimum atomic E-state index is -3.72. The molecule has 7 nitrogen and oxygen atoms in total. The molecule has 1 saturated heterocycles. The third kappa shape index (κ3) is 5.81. The van der Waals surface area contributed by atoms with E-state index in [0.717, 1.165) is 47.8 Å². The van der Waals surface area contributed by atoms with Gasteiger partial charge in [-0.1, -0.05) is 36.6 Å². The van der Waals surface area contributed by atoms with Crippen molar-refractivity contribution in [3.05, 3.63) is 53.1 Å². The Hall–Kier alpha value is -2.13. The molecule has 0 spiro atoms. The zero-order valence-electron chi connectivity index (χ0n) is 18.7. The Morgan fingerprint density at radius 3 is 2.53 bits per heavy atom. The van der Waals surface area contributed by atoms with Crippen LogP contribution in [0.4, 0.5) is 5.69 Å². The summed E-state index contributed by atoms with van der Waals surface area (Å²) in [5.41, 5.74) is 1.56. The van der Waals surface area contributed by atoms with Crippen molar-refractivity contribution >= 4 is 33.2 Å². The molecule has 1 fully saturated rings. The standard InChI is InChI=1S/C23H30ClN3O4S/c1-26(2)32(29,30)22-15-18(10-13-20(22)24)25-23(28)16-27-14-6-4-5-7-21(27)17-8-11-19(31-3)12-9-17/h8-13,15,21H,4-7,14,16H2,1-3H3,(H,25,28)/t21-/m0/s1. The number of halogens is 1. The van der Waals surface area contributed by atoms with Crippen LogP contribution in [0.15, 0.2) is 47.4 Å². The van der Waals surface area contributed by atoms with E-state index in [1.165, 1.54) is 26.2 Å². The summed E-state index contributed by atoms with van der Waals surface area (Å²) >= 11 is 6.11. The van der Waals surface area contributed by atoms with Gasteiger partial charge in [-0.25, -0.2) is 12.7 Å². The number of rotatable bonds is 7. The quantitative estimate of drug-likeness (QED) is 0.645. The second-order valence-corrected chi connectivity index (χ2v) is 10.6. The molecular weight excluding hydrogens is 450 g/mol. The smallest absolute Gasteiger partial charge is 0.244 e. The van der Waals surface area contributed by atoms with E-state index in [2.05, 4.69) is 22.3 Å². The fourth-order valence-electron chi connectivity index (χ4n) is 3.92. The first-order valence-electron chi connectivity index (χ1n) is 10.6. The van der Waals surface area contributed by atoms with Gasteiger partial charge >= 0.3 is 0 Å². The zero-order valence-corrected chi connectivity index (χ0v) is 20.2. The number of amides is 1. The molecule has 32 heavy (non-hydrogen) atoms. The Labute approximate surface area is 195 Å². The van der Waals surface area contributed by atoms with Gasteiger partial charge < -0.3 is 10.1 Å². The number of hydrogen-bond donors (Lipinski definition) is 1. The van der Waals surface area contributed by atoms with Crippen LogP contribution in [0.3, 0.4) is 0 Å². The second kappa shape index (κ2) is 10.7. The van der Waals surface area contributed by atoms with Gasteiger partial charge in [-0.05, 0) is 55.3 Å². The van der Waals surface area contributed by atoms with Crippen molar-refractivity contribution in [2.45, 2.75) is 36.6 Å². The normalized spacial score (nSPS) is 17.7. The van der Waals surface area contributed by atoms with Gasteiger partial charge in [-0.3, -0.25) is 9.69 Å². The molecule has 2 aromatic carbocycles. The van der Waals surface area contributed by atoms with Crippen molar-refractivity contribution in [1.29, 1.82) is 0 Å². The van der Waals surface area contributed by atoms with Gasteiger partial charge in [0.2, 0.25) is 15.9 Å². The fraction of sp³-hybridized carbons (Fsp3) is 0.435. The first-order chi connectivity index (χ1) is 15.2. The molecule has 1 heterocycles. The SMILES string of the molecule is COc1ccc([C@@H]2CCCCCN2CC(=O)Nc2ccc(Cl)c(S(=O)(=O)N(C)C)c2)cc1. The van der Waals surface area contributed by atoms with E-state index >= 15 is 0 Å². The third-order valence-corrected chi connectivity index (χ3v) is 7.98. The number of benzene rings is 2. The lowest BCUT2D eigenvalue weighted by atomic mass is 10.0. The van der Waals surface area contributed by atoms with Crippen LogP contribution in [0, 0.1) is 0 Å². The van der Waals surface area contributed by atoms with Crippen LogP contribution in [0.5, 0.6) is 5.75 Å². The van der Waals surface area contributed by atoms with Crippen LogP contribution in [-0.4, -0.2) is 57.8 Å². The van der Waals surface area contributed by atoms with E-state index in [0.29, 0.717) is 5.69 Å². The minimum Gasteiger partial charge on any atom is -0.497 e. The number of ether oxygens (including phenoxy) is 1. The van der Waals surface area contributed by atoms with Crippen LogP contribution < -0.4 is 10.1 Å². The van der Waals surface area contributed by atoms with Crippen molar-refractivity contribution in [3.8, 4) is 5.75 Å². The predicted molar refractivity (Wildman–Crippen MR) is 127 cm³/mol. The number of nitrogens with one attached hydrogen (secondary N) is 1. The highest BCUT2D eigenvalue weighted by atomic mass is 35.5. The van der Waals surface area contributed by atoms with Crippen LogP contribution in [0.2, 0.25) is 5.02 Å². The van der Waals surface area contributed by atoms with E-state index in [1.54, 1.807) is 13.2 Å². The number of sulfonamides is 1. The summed E-state index contributed by atoms with van der Waals surface area (Å²) in [6.07, 6.45) is 4.25. The molecule has 1 atom stereocenters. The summed E-state index contributed by atoms with van der Waals surface area (Å²) in [7, 11) is 0.803. The highest BCUT2D eigenvalue weighted by Crippen LogP contribution is 2.31. The molecular formula is C23H30ClN3O4S. The molecule has 0 saturated carbocycles. The molecule has 1 N–H and O–H groups in total. The summed E-state index contributed by atoms with van der Waals surface area (Å²) in [5.74, 6) is 0.610. The molecule has 0 aliphatic carbocycles. The number of hydrogen-bond acceptors (Lipinski definition) is 5. The number of carbonyl (C=O) groups excluding carboxylic acids is 1. The summed E-state index contributed by atoms with van der Waals surface area (Å²) < 4.78 is 31.4. The average molecular weight is 480 g/mol. The monoisotopic (exact) mass is 479 g/mol. The summed E-state index contributed by atoms with van der Waals surface area (Å²) in [6.45, 7) is 1.04. The minimum absolute atomic E-state index is 0.0344. The molecule has 2 aromatic rings. The molecule has 0 aromatic heterocycles. The highest BCUT2D eigenvalue weighted by molar-refractivity contribution is 7.89. The second-order valence-electron chi connectivity index (χ2n) is 8.09. The highest BCUT2D eigenvalue weighted by Gasteiger charge is 2.25. The van der Waals surface area contributed by atoms with E-state index in [9.17, 15) is 13.2 Å². The Balaban J connectivity index is 1.76. The molecule has 3 rings (SSSR count). The molecule has 1 aliphatic heterocycles. The van der Waals surface area contributed by atoms with E-state index < -0.39 is 10.0 Å². The van der Waals surface area contributed by atoms with Crippen molar-refractivity contribution in [1.82, 2.24) is 9.21 Å². The maximum absolute atomic E-state index is 12.9. The first-order valence-corrected chi connectivity index (χ1v) is 12.4. The van der Waals surface area contributed by atoms with E-state index in [4.69, 9.17) is 16.3 Å². The number of nitrogens with zero attached hydrogens (tertiary/aromatic N) is 2. The van der Waals surface area contributed by atoms with Crippen molar-refractivity contribution in [2.24, 2.45) is 0 Å². The van der Waals surface area contributed by atoms with E-state index in [-0.39, 0.29) is 28.4 Å². The van der Waals surface area contributed by atoms with E-state index in [1.807, 2.05) is 12.1 Å². The maximum Gasteiger partial charge on any atom is 0.244 e. The Morgan fingerprint density at radius 2 is 1.88 bits per heavy atom. The third-order valence-electron chi connectivity index (χ3n) is 5.68. The van der Waals surface area contributed by atoms with Gasteiger partial charge in [-0.2, -0.15) is 0 Å². The van der Waals surface area contributed by atoms with Crippen molar-refractivity contribution < 1.29 is 17.9 Å². The molecule has 174 valence electrons. The van der Waals surface area contributed by atoms with Gasteiger partial charge in [0.15, 0.2) is 0 Å². The maximum atomic E-state index is 12.9. The number of carbonyl (C=O) groups is 1. The van der Waals surface area contributed by atoms with Gasteiger partial charge in [0.25, 0.3) is 0 Å². The topological polar surface area (TPSA) is 79.0 Å². The lowest BCUT2D eigenvalue weighted by Crippen LogP contribution is -2.36. The number of methoxy groups -OCH3 is 1. The molecule has 1 aliphatic rings. The fourth-order valence-corrected chi connectivity index (χ4v) is 5.31. The van der Waals surface area contributed by atoms with Gasteiger partial charge in [0.05, 0.1) is 18.7 Å². The van der Waals surface area contributed by atoms with Crippen LogP contribution in [0.1, 0.15) is 37.3 Å². The molecule has 1 amide bonds. The summed E-state index contributed by atoms with van der Waals surface area (Å²) in [4.78, 5) is 15.0. The van der Waals surface area contributed by atoms with Gasteiger partial charge in [-0.15, -0.1) is 0 Å². The largest absolute Gasteiger partial charge is 0.497 e. The zero-order chi connectivity index (χ0) is 23.3. The van der Waals surface area contributed by atoms with Crippen molar-refractivity contribution in [3.63, 3.8) is 0 Å². The van der Waals surface area contributed by atoms with Crippen LogP contribution >= 0.6 is 11.6 Å². The Morgan fingerprint density at radius 1 is 1.16 bits per heavy atom.